The number of aromatic nitrogens is 1. The van der Waals surface area contributed by atoms with E-state index in [4.69, 9.17) is 4.98 Å². The Kier molecular flexibility index (Phi) is 3.91. The van der Waals surface area contributed by atoms with Gasteiger partial charge in [0.2, 0.25) is 5.91 Å². The topological polar surface area (TPSA) is 42.0 Å². The standard InChI is InChI=1S/C18H18N2OS2/c1-2-15(21)20-18-16(11-7-3-5-9-13(11)22-18)17-19-12-8-4-6-10-14(12)23-17/h4,6,8,10H,2-3,5,7,9H2,1H3,(H,20,21). The molecule has 4 rings (SSSR count). The van der Waals surface area contributed by atoms with Gasteiger partial charge in [0.05, 0.1) is 10.2 Å². The molecule has 23 heavy (non-hydrogen) atoms. The second-order valence-corrected chi connectivity index (χ2v) is 7.94. The summed E-state index contributed by atoms with van der Waals surface area (Å²) in [6, 6.07) is 8.24. The van der Waals surface area contributed by atoms with Crippen LogP contribution < -0.4 is 5.32 Å². The highest BCUT2D eigenvalue weighted by atomic mass is 32.1. The number of benzene rings is 1. The number of anilines is 1. The molecule has 5 heteroatoms. The summed E-state index contributed by atoms with van der Waals surface area (Å²) in [5.74, 6) is 0.0750. The zero-order chi connectivity index (χ0) is 15.8. The maximum Gasteiger partial charge on any atom is 0.224 e. The quantitative estimate of drug-likeness (QED) is 0.706. The number of carbonyl (C=O) groups excluding carboxylic acids is 1. The molecule has 0 bridgehead atoms. The highest BCUT2D eigenvalue weighted by Crippen LogP contribution is 2.46. The summed E-state index contributed by atoms with van der Waals surface area (Å²) in [7, 11) is 0. The van der Waals surface area contributed by atoms with E-state index in [-0.39, 0.29) is 5.91 Å². The van der Waals surface area contributed by atoms with Crippen LogP contribution in [0.1, 0.15) is 36.6 Å². The molecule has 1 aliphatic rings. The number of nitrogens with one attached hydrogen (secondary N) is 1. The van der Waals surface area contributed by atoms with Gasteiger partial charge < -0.3 is 5.32 Å². The van der Waals surface area contributed by atoms with Crippen LogP contribution >= 0.6 is 22.7 Å². The van der Waals surface area contributed by atoms with Gasteiger partial charge in [-0.15, -0.1) is 22.7 Å². The number of nitrogens with zero attached hydrogens (tertiary/aromatic N) is 1. The molecule has 118 valence electrons. The first-order valence-electron chi connectivity index (χ1n) is 8.06. The molecule has 0 saturated carbocycles. The first-order chi connectivity index (χ1) is 11.3. The van der Waals surface area contributed by atoms with Crippen molar-refractivity contribution in [2.75, 3.05) is 5.32 Å². The SMILES string of the molecule is CCC(=O)Nc1sc2c(c1-c1nc3ccccc3s1)CCCC2. The number of thiophene rings is 1. The first kappa shape index (κ1) is 14.8. The van der Waals surface area contributed by atoms with Crippen LogP contribution in [0.15, 0.2) is 24.3 Å². The van der Waals surface area contributed by atoms with Crippen molar-refractivity contribution in [1.82, 2.24) is 4.98 Å². The molecular weight excluding hydrogens is 324 g/mol. The Hall–Kier alpha value is -1.72. The van der Waals surface area contributed by atoms with Gasteiger partial charge in [0.1, 0.15) is 10.0 Å². The van der Waals surface area contributed by atoms with Gasteiger partial charge in [0, 0.05) is 16.9 Å². The van der Waals surface area contributed by atoms with E-state index in [1.165, 1.54) is 33.5 Å². The summed E-state index contributed by atoms with van der Waals surface area (Å²) in [6.45, 7) is 1.89. The molecule has 1 N–H and O–H groups in total. The minimum Gasteiger partial charge on any atom is -0.317 e. The number of thiazole rings is 1. The number of aryl methyl sites for hydroxylation is 1. The van der Waals surface area contributed by atoms with Crippen LogP contribution in [0.25, 0.3) is 20.8 Å². The molecular formula is C18H18N2OS2. The monoisotopic (exact) mass is 342 g/mol. The molecule has 3 nitrogen and oxygen atoms in total. The molecule has 0 spiro atoms. The zero-order valence-corrected chi connectivity index (χ0v) is 14.6. The number of hydrogen-bond acceptors (Lipinski definition) is 4. The van der Waals surface area contributed by atoms with Crippen molar-refractivity contribution in [3.8, 4) is 10.6 Å². The largest absolute Gasteiger partial charge is 0.317 e. The van der Waals surface area contributed by atoms with Crippen LogP contribution in [0.5, 0.6) is 0 Å². The van der Waals surface area contributed by atoms with Crippen molar-refractivity contribution in [3.05, 3.63) is 34.7 Å². The van der Waals surface area contributed by atoms with E-state index < -0.39 is 0 Å². The van der Waals surface area contributed by atoms with E-state index in [2.05, 4.69) is 17.4 Å². The minimum absolute atomic E-state index is 0.0750. The molecule has 0 unspecified atom stereocenters. The summed E-state index contributed by atoms with van der Waals surface area (Å²) >= 11 is 3.47. The fourth-order valence-electron chi connectivity index (χ4n) is 3.07. The van der Waals surface area contributed by atoms with Gasteiger partial charge in [-0.1, -0.05) is 19.1 Å². The number of carbonyl (C=O) groups is 1. The molecule has 1 aromatic carbocycles. The molecule has 2 heterocycles. The van der Waals surface area contributed by atoms with Gasteiger partial charge in [-0.3, -0.25) is 4.79 Å². The summed E-state index contributed by atoms with van der Waals surface area (Å²) in [4.78, 5) is 18.2. The van der Waals surface area contributed by atoms with Crippen LogP contribution in [0.2, 0.25) is 0 Å². The summed E-state index contributed by atoms with van der Waals surface area (Å²) in [5.41, 5.74) is 3.62. The lowest BCUT2D eigenvalue weighted by atomic mass is 9.96. The third-order valence-corrected chi connectivity index (χ3v) is 6.51. The lowest BCUT2D eigenvalue weighted by molar-refractivity contribution is -0.115. The fourth-order valence-corrected chi connectivity index (χ4v) is 5.49. The van der Waals surface area contributed by atoms with Crippen LogP contribution in [-0.4, -0.2) is 10.9 Å². The molecule has 2 aromatic heterocycles. The molecule has 0 radical (unpaired) electrons. The Morgan fingerprint density at radius 2 is 2.04 bits per heavy atom. The lowest BCUT2D eigenvalue weighted by Gasteiger charge is -2.11. The number of amides is 1. The van der Waals surface area contributed by atoms with Crippen molar-refractivity contribution in [1.29, 1.82) is 0 Å². The van der Waals surface area contributed by atoms with E-state index in [1.54, 1.807) is 22.7 Å². The maximum absolute atomic E-state index is 11.9. The summed E-state index contributed by atoms with van der Waals surface area (Å²) in [5, 5.41) is 5.13. The van der Waals surface area contributed by atoms with Crippen LogP contribution in [0, 0.1) is 0 Å². The van der Waals surface area contributed by atoms with E-state index in [0.29, 0.717) is 6.42 Å². The lowest BCUT2D eigenvalue weighted by Crippen LogP contribution is -2.09. The molecule has 1 amide bonds. The van der Waals surface area contributed by atoms with Gasteiger partial charge >= 0.3 is 0 Å². The van der Waals surface area contributed by atoms with Crippen molar-refractivity contribution in [2.24, 2.45) is 0 Å². The van der Waals surface area contributed by atoms with Gasteiger partial charge in [-0.2, -0.15) is 0 Å². The molecule has 1 aliphatic carbocycles. The van der Waals surface area contributed by atoms with Crippen molar-refractivity contribution < 1.29 is 4.79 Å². The number of hydrogen-bond donors (Lipinski definition) is 1. The Labute approximate surface area is 143 Å². The predicted octanol–water partition coefficient (Wildman–Crippen LogP) is 5.25. The van der Waals surface area contributed by atoms with Gasteiger partial charge in [0.15, 0.2) is 0 Å². The van der Waals surface area contributed by atoms with Gasteiger partial charge in [-0.25, -0.2) is 4.98 Å². The molecule has 0 atom stereocenters. The third kappa shape index (κ3) is 2.68. The number of rotatable bonds is 3. The van der Waals surface area contributed by atoms with Crippen LogP contribution in [0.3, 0.4) is 0 Å². The summed E-state index contributed by atoms with van der Waals surface area (Å²) in [6.07, 6.45) is 5.19. The van der Waals surface area contributed by atoms with Crippen molar-refractivity contribution in [3.63, 3.8) is 0 Å². The predicted molar refractivity (Wildman–Crippen MR) is 98.5 cm³/mol. The van der Waals surface area contributed by atoms with E-state index >= 15 is 0 Å². The smallest absolute Gasteiger partial charge is 0.224 e. The Balaban J connectivity index is 1.87. The second-order valence-electron chi connectivity index (χ2n) is 5.80. The van der Waals surface area contributed by atoms with Gasteiger partial charge in [-0.05, 0) is 43.4 Å². The number of fused-ring (bicyclic) bond motifs is 2. The molecule has 0 fully saturated rings. The van der Waals surface area contributed by atoms with E-state index in [0.717, 1.165) is 28.4 Å². The number of para-hydroxylation sites is 1. The zero-order valence-electron chi connectivity index (χ0n) is 13.0. The first-order valence-corrected chi connectivity index (χ1v) is 9.70. The third-order valence-electron chi connectivity index (χ3n) is 4.25. The molecule has 3 aromatic rings. The highest BCUT2D eigenvalue weighted by Gasteiger charge is 2.24. The second kappa shape index (κ2) is 6.06. The average molecular weight is 342 g/mol. The Morgan fingerprint density at radius 1 is 1.22 bits per heavy atom. The minimum atomic E-state index is 0.0750. The van der Waals surface area contributed by atoms with Crippen LogP contribution in [0.4, 0.5) is 5.00 Å². The average Bonchev–Trinajstić information content (AvgIpc) is 3.14. The van der Waals surface area contributed by atoms with Crippen molar-refractivity contribution in [2.45, 2.75) is 39.0 Å². The molecule has 0 saturated heterocycles. The maximum atomic E-state index is 11.9. The Morgan fingerprint density at radius 3 is 2.87 bits per heavy atom. The Bertz CT molecular complexity index is 845. The van der Waals surface area contributed by atoms with E-state index in [1.807, 2.05) is 19.1 Å². The normalized spacial score (nSPS) is 14.0. The molecule has 0 aliphatic heterocycles. The highest BCUT2D eigenvalue weighted by molar-refractivity contribution is 7.22. The van der Waals surface area contributed by atoms with Gasteiger partial charge in [0.25, 0.3) is 0 Å². The van der Waals surface area contributed by atoms with E-state index in [9.17, 15) is 4.79 Å². The van der Waals surface area contributed by atoms with Crippen molar-refractivity contribution >= 4 is 43.8 Å². The fraction of sp³-hybridized carbons (Fsp3) is 0.333. The van der Waals surface area contributed by atoms with Crippen LogP contribution in [-0.2, 0) is 17.6 Å². The summed E-state index contributed by atoms with van der Waals surface area (Å²) < 4.78 is 1.20.